The van der Waals surface area contributed by atoms with Gasteiger partial charge < -0.3 is 29.7 Å². The molecule has 4 heterocycles. The van der Waals surface area contributed by atoms with Crippen molar-refractivity contribution in [3.8, 4) is 0 Å². The first kappa shape index (κ1) is 24.2. The molecule has 4 atom stereocenters. The van der Waals surface area contributed by atoms with Crippen LogP contribution >= 0.6 is 0 Å². The van der Waals surface area contributed by atoms with Gasteiger partial charge in [0.1, 0.15) is 30.2 Å². The van der Waals surface area contributed by atoms with E-state index in [0.717, 1.165) is 28.2 Å². The number of halogens is 1. The first-order valence-electron chi connectivity index (χ1n) is 12.3. The van der Waals surface area contributed by atoms with Gasteiger partial charge in [-0.3, -0.25) is 0 Å². The Morgan fingerprint density at radius 2 is 1.95 bits per heavy atom. The van der Waals surface area contributed by atoms with E-state index in [-0.39, 0.29) is 5.82 Å². The molecule has 0 aliphatic carbocycles. The normalized spacial score (nSPS) is 22.6. The molecule has 4 aromatic rings. The van der Waals surface area contributed by atoms with Gasteiger partial charge in [0.05, 0.1) is 19.0 Å². The summed E-state index contributed by atoms with van der Waals surface area (Å²) < 4.78 is 22.6. The fraction of sp³-hybridized carbons (Fsp3) is 0.308. The van der Waals surface area contributed by atoms with Crippen LogP contribution in [0, 0.1) is 5.82 Å². The third kappa shape index (κ3) is 4.64. The van der Waals surface area contributed by atoms with Gasteiger partial charge in [-0.1, -0.05) is 0 Å². The van der Waals surface area contributed by atoms with Crippen molar-refractivity contribution in [3.63, 3.8) is 0 Å². The summed E-state index contributed by atoms with van der Waals surface area (Å²) in [6, 6.07) is 14.3. The van der Waals surface area contributed by atoms with Gasteiger partial charge in [0.15, 0.2) is 6.23 Å². The van der Waals surface area contributed by atoms with Crippen molar-refractivity contribution in [3.05, 3.63) is 78.0 Å². The lowest BCUT2D eigenvalue weighted by Crippen LogP contribution is -2.30. The van der Waals surface area contributed by atoms with E-state index < -0.39 is 24.5 Å². The maximum atomic E-state index is 13.4. The van der Waals surface area contributed by atoms with Crippen LogP contribution in [-0.2, 0) is 24.2 Å². The number of rotatable bonds is 7. The van der Waals surface area contributed by atoms with Gasteiger partial charge in [-0.25, -0.2) is 14.1 Å². The van der Waals surface area contributed by atoms with Crippen LogP contribution in [0.5, 0.6) is 0 Å². The van der Waals surface area contributed by atoms with Gasteiger partial charge in [-0.15, -0.1) is 5.10 Å². The fourth-order valence-electron chi connectivity index (χ4n) is 4.82. The maximum absolute atomic E-state index is 13.4. The number of aryl methyl sites for hydroxylation is 2. The molecule has 38 heavy (non-hydrogen) atoms. The van der Waals surface area contributed by atoms with E-state index in [1.54, 1.807) is 41.0 Å². The summed E-state index contributed by atoms with van der Waals surface area (Å²) >= 11 is 0. The van der Waals surface area contributed by atoms with E-state index in [2.05, 4.69) is 31.9 Å². The zero-order chi connectivity index (χ0) is 26.2. The number of nitrogens with zero attached hydrogens (tertiary/aromatic N) is 7. The largest absolute Gasteiger partial charge is 0.388 e. The Morgan fingerprint density at radius 1 is 1.11 bits per heavy atom. The third-order valence-corrected chi connectivity index (χ3v) is 6.92. The van der Waals surface area contributed by atoms with Crippen LogP contribution in [0.3, 0.4) is 0 Å². The highest BCUT2D eigenvalue weighted by Gasteiger charge is 2.42. The Morgan fingerprint density at radius 3 is 2.68 bits per heavy atom. The van der Waals surface area contributed by atoms with Crippen LogP contribution in [0.2, 0.25) is 0 Å². The zero-order valence-electron chi connectivity index (χ0n) is 20.6. The van der Waals surface area contributed by atoms with E-state index in [1.165, 1.54) is 12.1 Å². The molecule has 2 aliphatic rings. The van der Waals surface area contributed by atoms with Crippen LogP contribution in [0.15, 0.2) is 66.0 Å². The summed E-state index contributed by atoms with van der Waals surface area (Å²) in [7, 11) is 0. The van der Waals surface area contributed by atoms with Crippen molar-refractivity contribution in [1.82, 2.24) is 24.8 Å². The lowest BCUT2D eigenvalue weighted by Gasteiger charge is -2.26. The number of nitrogens with one attached hydrogen (secondary N) is 1. The molecule has 3 N–H and O–H groups in total. The van der Waals surface area contributed by atoms with Crippen molar-refractivity contribution in [1.29, 1.82) is 0 Å². The van der Waals surface area contributed by atoms with Gasteiger partial charge >= 0.3 is 0 Å². The predicted molar refractivity (Wildman–Crippen MR) is 138 cm³/mol. The highest BCUT2D eigenvalue weighted by atomic mass is 19.1. The first-order chi connectivity index (χ1) is 18.5. The van der Waals surface area contributed by atoms with E-state index in [0.29, 0.717) is 25.3 Å². The van der Waals surface area contributed by atoms with Crippen molar-refractivity contribution >= 4 is 29.2 Å². The summed E-state index contributed by atoms with van der Waals surface area (Å²) in [4.78, 5) is 6.70. The topological polar surface area (TPSA) is 126 Å². The molecule has 0 amide bonds. The molecule has 0 saturated carbocycles. The number of anilines is 3. The molecule has 12 heteroatoms. The van der Waals surface area contributed by atoms with Crippen molar-refractivity contribution in [2.45, 2.75) is 51.0 Å². The molecule has 11 nitrogen and oxygen atoms in total. The second-order valence-corrected chi connectivity index (χ2v) is 9.45. The summed E-state index contributed by atoms with van der Waals surface area (Å²) in [5, 5.41) is 35.3. The molecule has 1 saturated heterocycles. The molecule has 0 radical (unpaired) electrons. The average Bonchev–Trinajstić information content (AvgIpc) is 3.66. The second-order valence-electron chi connectivity index (χ2n) is 9.45. The molecule has 0 spiro atoms. The third-order valence-electron chi connectivity index (χ3n) is 6.92. The lowest BCUT2D eigenvalue weighted by molar-refractivity contribution is -0.0308. The summed E-state index contributed by atoms with van der Waals surface area (Å²) in [6.45, 7) is 2.90. The van der Waals surface area contributed by atoms with Gasteiger partial charge in [0, 0.05) is 35.4 Å². The van der Waals surface area contributed by atoms with Gasteiger partial charge in [0.2, 0.25) is 0 Å². The number of benzene rings is 2. The van der Waals surface area contributed by atoms with E-state index in [1.807, 2.05) is 29.3 Å². The Kier molecular flexibility index (Phi) is 6.35. The van der Waals surface area contributed by atoms with Crippen LogP contribution in [-0.4, -0.2) is 59.6 Å². The van der Waals surface area contributed by atoms with Crippen LogP contribution < -0.4 is 10.2 Å². The molecule has 196 valence electrons. The number of fused-ring (bicyclic) bond motifs is 1. The number of ether oxygens (including phenoxy) is 1. The van der Waals surface area contributed by atoms with Crippen LogP contribution in [0.25, 0.3) is 0 Å². The lowest BCUT2D eigenvalue weighted by atomic mass is 10.1. The number of aromatic nitrogens is 5. The Hall–Kier alpha value is -4.13. The number of hydrogen-bond acceptors (Lipinski definition) is 9. The van der Waals surface area contributed by atoms with Gasteiger partial charge in [-0.2, -0.15) is 0 Å². The van der Waals surface area contributed by atoms with Gasteiger partial charge in [-0.05, 0) is 77.9 Å². The highest BCUT2D eigenvalue weighted by Crippen LogP contribution is 2.37. The average molecular weight is 519 g/mol. The number of aliphatic imine (C=N–C) groups is 1. The minimum absolute atomic E-state index is 0.290. The van der Waals surface area contributed by atoms with Crippen LogP contribution in [0.4, 0.5) is 27.3 Å². The number of aliphatic hydroxyl groups is 2. The van der Waals surface area contributed by atoms with Crippen molar-refractivity contribution in [2.75, 3.05) is 10.2 Å². The van der Waals surface area contributed by atoms with Gasteiger partial charge in [0.25, 0.3) is 0 Å². The summed E-state index contributed by atoms with van der Waals surface area (Å²) in [5.41, 5.74) is 4.63. The van der Waals surface area contributed by atoms with E-state index in [4.69, 9.17) is 4.74 Å². The molecular weight excluding hydrogens is 491 g/mol. The molecule has 2 aromatic carbocycles. The second kappa shape index (κ2) is 9.97. The van der Waals surface area contributed by atoms with Crippen molar-refractivity contribution in [2.24, 2.45) is 4.99 Å². The standard InChI is InChI=1S/C26H27FN8O3/c1-16-23(36)24(37)26(38-16)35-11-9-18-13-33(14-28-25(18)35)21-6-7-22(30-20-4-2-19(27)3-5-20)17(12-21)8-10-34-15-29-31-32-34/h2-7,9,11-12,14-16,23-24,26,30,36-37H,8,10,13H2,1H3/t16-,23-,24-,26-/m1/s1. The molecule has 0 bridgehead atoms. The number of aliphatic hydroxyl groups excluding tert-OH is 2. The van der Waals surface area contributed by atoms with Crippen molar-refractivity contribution < 1.29 is 19.3 Å². The summed E-state index contributed by atoms with van der Waals surface area (Å²) in [6.07, 6.45) is 2.69. The van der Waals surface area contributed by atoms with E-state index in [9.17, 15) is 14.6 Å². The minimum atomic E-state index is -1.03. The Balaban J connectivity index is 1.25. The van der Waals surface area contributed by atoms with Crippen LogP contribution in [0.1, 0.15) is 24.3 Å². The quantitative estimate of drug-likeness (QED) is 0.341. The molecule has 0 unspecified atom stereocenters. The number of tetrazole rings is 1. The van der Waals surface area contributed by atoms with E-state index >= 15 is 0 Å². The Labute approximate surface area is 217 Å². The minimum Gasteiger partial charge on any atom is -0.388 e. The molecule has 2 aromatic heterocycles. The summed E-state index contributed by atoms with van der Waals surface area (Å²) in [5.74, 6) is 0.405. The monoisotopic (exact) mass is 518 g/mol. The molecule has 1 fully saturated rings. The smallest absolute Gasteiger partial charge is 0.164 e. The first-order valence-corrected chi connectivity index (χ1v) is 12.3. The predicted octanol–water partition coefficient (Wildman–Crippen LogP) is 2.92. The molecule has 6 rings (SSSR count). The Bertz CT molecular complexity index is 1440. The highest BCUT2D eigenvalue weighted by molar-refractivity contribution is 5.84. The fourth-order valence-corrected chi connectivity index (χ4v) is 4.82. The molecule has 2 aliphatic heterocycles. The maximum Gasteiger partial charge on any atom is 0.164 e. The molecular formula is C26H27FN8O3. The zero-order valence-corrected chi connectivity index (χ0v) is 20.6. The number of hydrogen-bond donors (Lipinski definition) is 3. The SMILES string of the molecule is C[C@H]1O[C@@H](n2ccc3c2N=CN(c2ccc(Nc4ccc(F)cc4)c(CCn4cnnn4)c2)C3)[C@H](O)[C@@H]1O.